The second-order valence-corrected chi connectivity index (χ2v) is 9.59. The van der Waals surface area contributed by atoms with Crippen LogP contribution >= 0.6 is 23.2 Å². The minimum absolute atomic E-state index is 0.000647. The van der Waals surface area contributed by atoms with Crippen molar-refractivity contribution in [3.63, 3.8) is 0 Å². The monoisotopic (exact) mass is 467 g/mol. The summed E-state index contributed by atoms with van der Waals surface area (Å²) < 4.78 is 42.8. The number of hydrogen-bond donors (Lipinski definition) is 1. The molecule has 0 aliphatic heterocycles. The molecule has 0 fully saturated rings. The highest BCUT2D eigenvalue weighted by Gasteiger charge is 2.30. The fraction of sp³-hybridized carbons (Fsp3) is 0.190. The summed E-state index contributed by atoms with van der Waals surface area (Å²) >= 11 is 12.3. The highest BCUT2D eigenvalue weighted by Crippen LogP contribution is 2.39. The number of fused-ring (bicyclic) bond motifs is 1. The van der Waals surface area contributed by atoms with Gasteiger partial charge in [0.1, 0.15) is 10.7 Å². The van der Waals surface area contributed by atoms with Crippen molar-refractivity contribution in [2.24, 2.45) is 0 Å². The molecule has 3 aromatic rings. The summed E-state index contributed by atoms with van der Waals surface area (Å²) in [6.07, 6.45) is 4.10. The van der Waals surface area contributed by atoms with Crippen LogP contribution in [0.4, 0.5) is 4.39 Å². The Morgan fingerprint density at radius 3 is 2.33 bits per heavy atom. The Bertz CT molecular complexity index is 1260. The Balaban J connectivity index is 1.95. The zero-order valence-electron chi connectivity index (χ0n) is 15.5. The third-order valence-electron chi connectivity index (χ3n) is 5.22. The summed E-state index contributed by atoms with van der Waals surface area (Å²) in [6, 6.07) is 8.04. The number of benzene rings is 2. The SMILES string of the molecule is O=C(O)c1ccc(-c2cn(S(=O)(=O)c3c(Cl)cccc3Cl)c3c2CCCC3)c(F)c1. The van der Waals surface area contributed by atoms with Gasteiger partial charge in [0, 0.05) is 23.0 Å². The highest BCUT2D eigenvalue weighted by atomic mass is 35.5. The van der Waals surface area contributed by atoms with Crippen molar-refractivity contribution in [3.05, 3.63) is 75.3 Å². The summed E-state index contributed by atoms with van der Waals surface area (Å²) in [7, 11) is -4.13. The van der Waals surface area contributed by atoms with E-state index in [1.54, 1.807) is 6.07 Å². The van der Waals surface area contributed by atoms with Crippen LogP contribution in [0.2, 0.25) is 10.0 Å². The molecule has 5 nitrogen and oxygen atoms in total. The zero-order chi connectivity index (χ0) is 21.6. The second-order valence-electron chi connectivity index (χ2n) is 7.03. The van der Waals surface area contributed by atoms with Crippen molar-refractivity contribution < 1.29 is 22.7 Å². The molecule has 0 unspecified atom stereocenters. The number of rotatable bonds is 4. The maximum Gasteiger partial charge on any atom is 0.335 e. The van der Waals surface area contributed by atoms with Crippen LogP contribution < -0.4 is 0 Å². The van der Waals surface area contributed by atoms with Crippen LogP contribution in [0.15, 0.2) is 47.5 Å². The van der Waals surface area contributed by atoms with E-state index in [2.05, 4.69) is 0 Å². The van der Waals surface area contributed by atoms with Crippen molar-refractivity contribution in [2.75, 3.05) is 0 Å². The first-order valence-corrected chi connectivity index (χ1v) is 11.4. The van der Waals surface area contributed by atoms with Gasteiger partial charge in [-0.3, -0.25) is 0 Å². The van der Waals surface area contributed by atoms with E-state index in [0.717, 1.165) is 28.4 Å². The van der Waals surface area contributed by atoms with Crippen LogP contribution in [0.25, 0.3) is 11.1 Å². The number of halogens is 3. The molecule has 0 saturated heterocycles. The van der Waals surface area contributed by atoms with Crippen molar-refractivity contribution in [2.45, 2.75) is 30.6 Å². The van der Waals surface area contributed by atoms with E-state index < -0.39 is 21.8 Å². The summed E-state index contributed by atoms with van der Waals surface area (Å²) in [5.41, 5.74) is 1.69. The number of carboxylic acids is 1. The molecule has 2 aromatic carbocycles. The van der Waals surface area contributed by atoms with E-state index in [1.807, 2.05) is 0 Å². The van der Waals surface area contributed by atoms with E-state index in [0.29, 0.717) is 24.1 Å². The Morgan fingerprint density at radius 1 is 1.03 bits per heavy atom. The van der Waals surface area contributed by atoms with Crippen molar-refractivity contribution in [1.29, 1.82) is 0 Å². The van der Waals surface area contributed by atoms with Gasteiger partial charge < -0.3 is 5.11 Å². The molecule has 0 amide bonds. The average Bonchev–Trinajstić information content (AvgIpc) is 3.08. The van der Waals surface area contributed by atoms with Gasteiger partial charge in [0.2, 0.25) is 0 Å². The molecular formula is C21H16Cl2FNO4S. The van der Waals surface area contributed by atoms with Crippen LogP contribution in [0.1, 0.15) is 34.5 Å². The molecule has 0 saturated carbocycles. The van der Waals surface area contributed by atoms with Gasteiger partial charge in [-0.25, -0.2) is 21.6 Å². The maximum absolute atomic E-state index is 14.8. The minimum Gasteiger partial charge on any atom is -0.478 e. The second kappa shape index (κ2) is 7.72. The van der Waals surface area contributed by atoms with Gasteiger partial charge in [-0.05, 0) is 55.5 Å². The predicted molar refractivity (Wildman–Crippen MR) is 112 cm³/mol. The van der Waals surface area contributed by atoms with E-state index in [-0.39, 0.29) is 26.1 Å². The Kier molecular flexibility index (Phi) is 5.38. The lowest BCUT2D eigenvalue weighted by Gasteiger charge is -2.17. The fourth-order valence-electron chi connectivity index (χ4n) is 3.84. The van der Waals surface area contributed by atoms with E-state index >= 15 is 0 Å². The lowest BCUT2D eigenvalue weighted by atomic mass is 9.92. The molecular weight excluding hydrogens is 452 g/mol. The molecule has 30 heavy (non-hydrogen) atoms. The topological polar surface area (TPSA) is 76.4 Å². The van der Waals surface area contributed by atoms with Gasteiger partial charge >= 0.3 is 5.97 Å². The third kappa shape index (κ3) is 3.41. The Hall–Kier alpha value is -2.35. The normalized spacial score (nSPS) is 13.8. The summed E-state index contributed by atoms with van der Waals surface area (Å²) in [5, 5.41) is 9.08. The first-order chi connectivity index (χ1) is 14.2. The van der Waals surface area contributed by atoms with Crippen molar-refractivity contribution >= 4 is 39.2 Å². The number of carbonyl (C=O) groups is 1. The van der Waals surface area contributed by atoms with Crippen LogP contribution in [-0.2, 0) is 22.9 Å². The van der Waals surface area contributed by atoms with Crippen molar-refractivity contribution in [1.82, 2.24) is 3.97 Å². The molecule has 1 aliphatic carbocycles. The first kappa shape index (κ1) is 20.9. The van der Waals surface area contributed by atoms with Crippen LogP contribution in [0.3, 0.4) is 0 Å². The highest BCUT2D eigenvalue weighted by molar-refractivity contribution is 7.90. The summed E-state index contributed by atoms with van der Waals surface area (Å²) in [4.78, 5) is 10.9. The molecule has 0 bridgehead atoms. The number of aromatic carboxylic acids is 1. The quantitative estimate of drug-likeness (QED) is 0.555. The predicted octanol–water partition coefficient (Wildman–Crippen LogP) is 5.42. The molecule has 1 heterocycles. The maximum atomic E-state index is 14.8. The fourth-order valence-corrected chi connectivity index (χ4v) is 6.38. The third-order valence-corrected chi connectivity index (χ3v) is 7.87. The van der Waals surface area contributed by atoms with Gasteiger partial charge in [-0.1, -0.05) is 35.3 Å². The molecule has 0 radical (unpaired) electrons. The largest absolute Gasteiger partial charge is 0.478 e. The van der Waals surface area contributed by atoms with Gasteiger partial charge in [0.05, 0.1) is 15.6 Å². The van der Waals surface area contributed by atoms with Crippen LogP contribution in [0.5, 0.6) is 0 Å². The smallest absolute Gasteiger partial charge is 0.335 e. The lowest BCUT2D eigenvalue weighted by molar-refractivity contribution is 0.0696. The minimum atomic E-state index is -4.13. The van der Waals surface area contributed by atoms with Gasteiger partial charge in [0.15, 0.2) is 0 Å². The summed E-state index contributed by atoms with van der Waals surface area (Å²) in [6.45, 7) is 0. The van der Waals surface area contributed by atoms with Crippen LogP contribution in [0, 0.1) is 5.82 Å². The molecule has 1 N–H and O–H groups in total. The van der Waals surface area contributed by atoms with Crippen molar-refractivity contribution in [3.8, 4) is 11.1 Å². The van der Waals surface area contributed by atoms with Crippen LogP contribution in [-0.4, -0.2) is 23.5 Å². The summed E-state index contributed by atoms with van der Waals surface area (Å²) in [5.74, 6) is -1.97. The number of carboxylic acid groups (broad SMARTS) is 1. The molecule has 1 aromatic heterocycles. The molecule has 156 valence electrons. The van der Waals surface area contributed by atoms with E-state index in [1.165, 1.54) is 30.5 Å². The molecule has 0 atom stereocenters. The zero-order valence-corrected chi connectivity index (χ0v) is 17.9. The molecule has 4 rings (SSSR count). The lowest BCUT2D eigenvalue weighted by Crippen LogP contribution is -2.18. The molecule has 9 heteroatoms. The number of nitrogens with zero attached hydrogens (tertiary/aromatic N) is 1. The Morgan fingerprint density at radius 2 is 1.70 bits per heavy atom. The van der Waals surface area contributed by atoms with E-state index in [4.69, 9.17) is 28.3 Å². The number of hydrogen-bond acceptors (Lipinski definition) is 3. The van der Waals surface area contributed by atoms with Gasteiger partial charge in [-0.15, -0.1) is 0 Å². The number of aromatic nitrogens is 1. The van der Waals surface area contributed by atoms with Gasteiger partial charge in [0.25, 0.3) is 10.0 Å². The average molecular weight is 468 g/mol. The van der Waals surface area contributed by atoms with Gasteiger partial charge in [-0.2, -0.15) is 0 Å². The molecule has 1 aliphatic rings. The molecule has 0 spiro atoms. The first-order valence-electron chi connectivity index (χ1n) is 9.17. The standard InChI is InChI=1S/C21H16Cl2FNO4S/c22-16-5-3-6-17(23)20(16)30(28,29)25-11-15(14-4-1-2-7-19(14)25)13-9-8-12(21(26)27)10-18(13)24/h3,5-6,8-11H,1-2,4,7H2,(H,26,27). The Labute approximate surface area is 182 Å². The van der Waals surface area contributed by atoms with E-state index in [9.17, 15) is 17.6 Å².